The summed E-state index contributed by atoms with van der Waals surface area (Å²) in [5.41, 5.74) is 0. The van der Waals surface area contributed by atoms with Gasteiger partial charge in [0.05, 0.1) is 18.6 Å². The first kappa shape index (κ1) is 9.75. The van der Waals surface area contributed by atoms with Crippen LogP contribution >= 0.6 is 11.6 Å². The molecule has 1 saturated carbocycles. The zero-order valence-electron chi connectivity index (χ0n) is 8.09. The second-order valence-corrected chi connectivity index (χ2v) is 4.32. The van der Waals surface area contributed by atoms with Crippen molar-refractivity contribution < 1.29 is 9.47 Å². The number of hydrogen-bond acceptors (Lipinski definition) is 2. The highest BCUT2D eigenvalue weighted by Crippen LogP contribution is 2.45. The van der Waals surface area contributed by atoms with Crippen LogP contribution in [0.1, 0.15) is 32.6 Å². The molecule has 0 radical (unpaired) electrons. The fraction of sp³-hybridized carbons (Fsp3) is 1.00. The second kappa shape index (κ2) is 3.76. The number of alkyl halides is 1. The molecule has 1 aliphatic carbocycles. The number of ether oxygens (including phenoxy) is 2. The summed E-state index contributed by atoms with van der Waals surface area (Å²) in [5, 5.41) is 0. The Balaban J connectivity index is 2.04. The molecule has 1 saturated heterocycles. The topological polar surface area (TPSA) is 18.5 Å². The summed E-state index contributed by atoms with van der Waals surface area (Å²) in [6.45, 7) is 2.89. The summed E-state index contributed by atoms with van der Waals surface area (Å²) >= 11 is 5.76. The second-order valence-electron chi connectivity index (χ2n) is 4.01. The van der Waals surface area contributed by atoms with Gasteiger partial charge in [0.1, 0.15) is 0 Å². The van der Waals surface area contributed by atoms with Gasteiger partial charge in [0.15, 0.2) is 5.79 Å². The lowest BCUT2D eigenvalue weighted by molar-refractivity contribution is -0.189. The molecular formula is C10H17ClO2. The van der Waals surface area contributed by atoms with Crippen LogP contribution in [0, 0.1) is 5.92 Å². The van der Waals surface area contributed by atoms with Gasteiger partial charge in [-0.05, 0) is 19.3 Å². The minimum absolute atomic E-state index is 0.119. The maximum atomic E-state index is 5.91. The molecule has 0 aromatic heterocycles. The average molecular weight is 205 g/mol. The van der Waals surface area contributed by atoms with E-state index in [0.717, 1.165) is 12.8 Å². The molecule has 0 aromatic carbocycles. The van der Waals surface area contributed by atoms with E-state index in [0.29, 0.717) is 18.4 Å². The van der Waals surface area contributed by atoms with Crippen molar-refractivity contribution in [3.05, 3.63) is 0 Å². The molecule has 1 spiro atoms. The van der Waals surface area contributed by atoms with E-state index in [4.69, 9.17) is 21.1 Å². The Morgan fingerprint density at radius 2 is 2.38 bits per heavy atom. The van der Waals surface area contributed by atoms with Crippen molar-refractivity contribution in [1.29, 1.82) is 0 Å². The SMILES string of the molecule is CCC1CCCC12OCC(CCl)O2. The van der Waals surface area contributed by atoms with Crippen LogP contribution in [0.5, 0.6) is 0 Å². The van der Waals surface area contributed by atoms with Gasteiger partial charge in [-0.25, -0.2) is 0 Å². The van der Waals surface area contributed by atoms with E-state index in [1.165, 1.54) is 12.8 Å². The zero-order valence-corrected chi connectivity index (χ0v) is 8.85. The molecule has 2 fully saturated rings. The zero-order chi connectivity index (χ0) is 9.31. The number of hydrogen-bond donors (Lipinski definition) is 0. The normalized spacial score (nSPS) is 44.8. The molecule has 3 heteroatoms. The highest BCUT2D eigenvalue weighted by molar-refractivity contribution is 6.18. The van der Waals surface area contributed by atoms with E-state index in [2.05, 4.69) is 6.92 Å². The van der Waals surface area contributed by atoms with Gasteiger partial charge in [-0.2, -0.15) is 0 Å². The fourth-order valence-electron chi connectivity index (χ4n) is 2.54. The molecule has 13 heavy (non-hydrogen) atoms. The lowest BCUT2D eigenvalue weighted by atomic mass is 10.00. The van der Waals surface area contributed by atoms with E-state index < -0.39 is 0 Å². The first-order valence-corrected chi connectivity index (χ1v) is 5.72. The highest BCUT2D eigenvalue weighted by atomic mass is 35.5. The van der Waals surface area contributed by atoms with Gasteiger partial charge in [0.25, 0.3) is 0 Å². The van der Waals surface area contributed by atoms with Crippen LogP contribution in [0.2, 0.25) is 0 Å². The number of halogens is 1. The molecule has 2 rings (SSSR count). The van der Waals surface area contributed by atoms with Gasteiger partial charge < -0.3 is 9.47 Å². The minimum atomic E-state index is -0.256. The van der Waals surface area contributed by atoms with Crippen molar-refractivity contribution in [2.45, 2.75) is 44.5 Å². The third-order valence-corrected chi connectivity index (χ3v) is 3.59. The average Bonchev–Trinajstić information content (AvgIpc) is 2.74. The molecular weight excluding hydrogens is 188 g/mol. The summed E-state index contributed by atoms with van der Waals surface area (Å²) in [5.74, 6) is 0.882. The van der Waals surface area contributed by atoms with E-state index in [1.54, 1.807) is 0 Å². The standard InChI is InChI=1S/C10H17ClO2/c1-2-8-4-3-5-10(8)12-7-9(6-11)13-10/h8-9H,2-7H2,1H3. The summed E-state index contributed by atoms with van der Waals surface area (Å²) < 4.78 is 11.7. The van der Waals surface area contributed by atoms with Crippen LogP contribution in [0.4, 0.5) is 0 Å². The van der Waals surface area contributed by atoms with Crippen molar-refractivity contribution in [1.82, 2.24) is 0 Å². The molecule has 1 heterocycles. The minimum Gasteiger partial charge on any atom is -0.347 e. The Kier molecular flexibility index (Phi) is 2.82. The predicted octanol–water partition coefficient (Wildman–Crippen LogP) is 2.55. The van der Waals surface area contributed by atoms with Crippen LogP contribution in [-0.4, -0.2) is 24.4 Å². The Hall–Kier alpha value is 0.210. The molecule has 3 unspecified atom stereocenters. The van der Waals surface area contributed by atoms with Crippen molar-refractivity contribution in [3.63, 3.8) is 0 Å². The first-order valence-electron chi connectivity index (χ1n) is 5.18. The molecule has 2 nitrogen and oxygen atoms in total. The van der Waals surface area contributed by atoms with Gasteiger partial charge in [0.2, 0.25) is 0 Å². The molecule has 1 aliphatic heterocycles. The van der Waals surface area contributed by atoms with Crippen LogP contribution in [0.25, 0.3) is 0 Å². The molecule has 2 aliphatic rings. The molecule has 0 aromatic rings. The fourth-order valence-corrected chi connectivity index (χ4v) is 2.69. The van der Waals surface area contributed by atoms with Crippen LogP contribution in [0.15, 0.2) is 0 Å². The largest absolute Gasteiger partial charge is 0.347 e. The van der Waals surface area contributed by atoms with E-state index in [-0.39, 0.29) is 11.9 Å². The Bertz CT molecular complexity index is 186. The van der Waals surface area contributed by atoms with Crippen LogP contribution in [0.3, 0.4) is 0 Å². The molecule has 76 valence electrons. The van der Waals surface area contributed by atoms with Crippen LogP contribution in [-0.2, 0) is 9.47 Å². The summed E-state index contributed by atoms with van der Waals surface area (Å²) in [6.07, 6.45) is 4.79. The van der Waals surface area contributed by atoms with E-state index in [9.17, 15) is 0 Å². The Morgan fingerprint density at radius 1 is 1.54 bits per heavy atom. The maximum absolute atomic E-state index is 5.91. The third kappa shape index (κ3) is 1.60. The Morgan fingerprint density at radius 3 is 3.00 bits per heavy atom. The molecule has 0 N–H and O–H groups in total. The van der Waals surface area contributed by atoms with Crippen molar-refractivity contribution in [2.75, 3.05) is 12.5 Å². The number of rotatable bonds is 2. The van der Waals surface area contributed by atoms with Gasteiger partial charge in [-0.3, -0.25) is 0 Å². The van der Waals surface area contributed by atoms with Crippen molar-refractivity contribution in [3.8, 4) is 0 Å². The lowest BCUT2D eigenvalue weighted by Gasteiger charge is -2.29. The smallest absolute Gasteiger partial charge is 0.171 e. The highest BCUT2D eigenvalue weighted by Gasteiger charge is 2.49. The van der Waals surface area contributed by atoms with Gasteiger partial charge in [-0.15, -0.1) is 11.6 Å². The molecule has 3 atom stereocenters. The van der Waals surface area contributed by atoms with Crippen LogP contribution < -0.4 is 0 Å². The van der Waals surface area contributed by atoms with Gasteiger partial charge >= 0.3 is 0 Å². The van der Waals surface area contributed by atoms with E-state index in [1.807, 2.05) is 0 Å². The quantitative estimate of drug-likeness (QED) is 0.644. The monoisotopic (exact) mass is 204 g/mol. The van der Waals surface area contributed by atoms with Gasteiger partial charge in [0, 0.05) is 12.3 Å². The first-order chi connectivity index (χ1) is 6.30. The third-order valence-electron chi connectivity index (χ3n) is 3.24. The Labute approximate surface area is 84.5 Å². The molecule has 0 amide bonds. The van der Waals surface area contributed by atoms with Crippen molar-refractivity contribution in [2.24, 2.45) is 5.92 Å². The van der Waals surface area contributed by atoms with E-state index >= 15 is 0 Å². The summed E-state index contributed by atoms with van der Waals surface area (Å²) in [7, 11) is 0. The summed E-state index contributed by atoms with van der Waals surface area (Å²) in [6, 6.07) is 0. The van der Waals surface area contributed by atoms with Crippen molar-refractivity contribution >= 4 is 11.6 Å². The summed E-state index contributed by atoms with van der Waals surface area (Å²) in [4.78, 5) is 0. The van der Waals surface area contributed by atoms with Gasteiger partial charge in [-0.1, -0.05) is 6.92 Å². The maximum Gasteiger partial charge on any atom is 0.171 e. The molecule has 0 bridgehead atoms. The lowest BCUT2D eigenvalue weighted by Crippen LogP contribution is -2.35. The predicted molar refractivity (Wildman–Crippen MR) is 51.9 cm³/mol.